The van der Waals surface area contributed by atoms with Crippen LogP contribution in [0.15, 0.2) is 23.4 Å². The van der Waals surface area contributed by atoms with Gasteiger partial charge in [0.15, 0.2) is 17.3 Å². The lowest BCUT2D eigenvalue weighted by Gasteiger charge is -2.43. The predicted molar refractivity (Wildman–Crippen MR) is 140 cm³/mol. The van der Waals surface area contributed by atoms with Gasteiger partial charge >= 0.3 is 6.18 Å². The fraction of sp³-hybridized carbons (Fsp3) is 0.621. The topological polar surface area (TPSA) is 94.2 Å². The third-order valence-electron chi connectivity index (χ3n) is 8.71. The molecule has 1 fully saturated rings. The van der Waals surface area contributed by atoms with Gasteiger partial charge in [-0.2, -0.15) is 13.2 Å². The van der Waals surface area contributed by atoms with Gasteiger partial charge in [-0.25, -0.2) is 0 Å². The van der Waals surface area contributed by atoms with Crippen LogP contribution in [-0.2, 0) is 9.59 Å². The third-order valence-corrected chi connectivity index (χ3v) is 8.71. The lowest BCUT2D eigenvalue weighted by Crippen LogP contribution is -2.67. The second-order valence-corrected chi connectivity index (χ2v) is 11.9. The summed E-state index contributed by atoms with van der Waals surface area (Å²) in [6.07, 6.45) is -3.21. The van der Waals surface area contributed by atoms with Gasteiger partial charge in [0.05, 0.1) is 26.9 Å². The van der Waals surface area contributed by atoms with Gasteiger partial charge in [-0.05, 0) is 42.2 Å². The van der Waals surface area contributed by atoms with Crippen molar-refractivity contribution in [3.8, 4) is 17.2 Å². The molecule has 0 unspecified atom stereocenters. The number of nitrogens with one attached hydrogen (secondary N) is 1. The molecule has 40 heavy (non-hydrogen) atoms. The second kappa shape index (κ2) is 10.3. The van der Waals surface area contributed by atoms with Crippen LogP contribution < -0.4 is 19.5 Å². The van der Waals surface area contributed by atoms with Crippen molar-refractivity contribution >= 4 is 17.6 Å². The molecule has 0 spiro atoms. The third kappa shape index (κ3) is 4.60. The number of rotatable bonds is 6. The smallest absolute Gasteiger partial charge is 0.425 e. The first-order chi connectivity index (χ1) is 18.6. The number of carbonyl (C=O) groups is 3. The summed E-state index contributed by atoms with van der Waals surface area (Å²) >= 11 is 0. The second-order valence-electron chi connectivity index (χ2n) is 11.9. The lowest BCUT2D eigenvalue weighted by molar-refractivity contribution is -0.192. The molecule has 2 aliphatic carbocycles. The monoisotopic (exact) mass is 566 g/mol. The summed E-state index contributed by atoms with van der Waals surface area (Å²) in [6, 6.07) is 1.87. The molecule has 4 atom stereocenters. The Bertz CT molecular complexity index is 1230. The molecule has 1 N–H and O–H groups in total. The van der Waals surface area contributed by atoms with Gasteiger partial charge in [0.25, 0.3) is 11.8 Å². The molecule has 2 amide bonds. The zero-order valence-corrected chi connectivity index (χ0v) is 24.0. The number of halogens is 3. The average molecular weight is 567 g/mol. The van der Waals surface area contributed by atoms with Gasteiger partial charge in [-0.1, -0.05) is 40.5 Å². The van der Waals surface area contributed by atoms with Gasteiger partial charge < -0.3 is 24.4 Å². The molecule has 0 aromatic heterocycles. The highest BCUT2D eigenvalue weighted by molar-refractivity contribution is 6.14. The van der Waals surface area contributed by atoms with Crippen molar-refractivity contribution in [2.75, 3.05) is 21.3 Å². The van der Waals surface area contributed by atoms with Gasteiger partial charge in [0.2, 0.25) is 11.3 Å². The molecular weight excluding hydrogens is 529 g/mol. The van der Waals surface area contributed by atoms with E-state index >= 15 is 13.2 Å². The van der Waals surface area contributed by atoms with E-state index < -0.39 is 46.3 Å². The average Bonchev–Trinajstić information content (AvgIpc) is 3.11. The van der Waals surface area contributed by atoms with E-state index in [1.54, 1.807) is 13.8 Å². The molecule has 11 heteroatoms. The van der Waals surface area contributed by atoms with Crippen LogP contribution in [0.2, 0.25) is 0 Å². The van der Waals surface area contributed by atoms with Gasteiger partial charge in [-0.15, -0.1) is 0 Å². The minimum absolute atomic E-state index is 0.0489. The summed E-state index contributed by atoms with van der Waals surface area (Å²) in [5.74, 6) is -3.00. The Balaban J connectivity index is 1.90. The summed E-state index contributed by atoms with van der Waals surface area (Å²) in [5, 5.41) is 2.00. The van der Waals surface area contributed by atoms with Crippen molar-refractivity contribution in [1.29, 1.82) is 0 Å². The summed E-state index contributed by atoms with van der Waals surface area (Å²) in [7, 11) is 3.96. The Morgan fingerprint density at radius 2 is 1.60 bits per heavy atom. The molecule has 1 aliphatic heterocycles. The van der Waals surface area contributed by atoms with Gasteiger partial charge in [-0.3, -0.25) is 14.4 Å². The van der Waals surface area contributed by atoms with Crippen LogP contribution >= 0.6 is 0 Å². The fourth-order valence-corrected chi connectivity index (χ4v) is 6.50. The highest BCUT2D eigenvalue weighted by atomic mass is 19.4. The Kier molecular flexibility index (Phi) is 7.66. The van der Waals surface area contributed by atoms with Crippen molar-refractivity contribution < 1.29 is 41.8 Å². The Morgan fingerprint density at radius 3 is 2.12 bits per heavy atom. The molecule has 1 heterocycles. The van der Waals surface area contributed by atoms with E-state index in [9.17, 15) is 14.4 Å². The molecule has 220 valence electrons. The van der Waals surface area contributed by atoms with E-state index in [1.165, 1.54) is 38.4 Å². The number of benzene rings is 1. The van der Waals surface area contributed by atoms with Crippen LogP contribution in [-0.4, -0.2) is 61.6 Å². The van der Waals surface area contributed by atoms with E-state index in [0.717, 1.165) is 12.8 Å². The molecule has 0 saturated heterocycles. The van der Waals surface area contributed by atoms with Crippen molar-refractivity contribution in [3.05, 3.63) is 29.0 Å². The minimum atomic E-state index is -5.30. The first kappa shape index (κ1) is 29.7. The molecular formula is C29H37F3N2O6. The first-order valence-electron chi connectivity index (χ1n) is 13.4. The minimum Gasteiger partial charge on any atom is -0.493 e. The number of ether oxygens (including phenoxy) is 3. The normalized spacial score (nSPS) is 28.4. The highest BCUT2D eigenvalue weighted by Crippen LogP contribution is 2.54. The van der Waals surface area contributed by atoms with Crippen molar-refractivity contribution in [2.45, 2.75) is 77.6 Å². The van der Waals surface area contributed by atoms with Crippen LogP contribution in [0.5, 0.6) is 17.2 Å². The number of amides is 2. The van der Waals surface area contributed by atoms with E-state index in [1.807, 2.05) is 19.2 Å². The maximum Gasteiger partial charge on any atom is 0.425 e. The summed E-state index contributed by atoms with van der Waals surface area (Å²) < 4.78 is 61.6. The largest absolute Gasteiger partial charge is 0.493 e. The number of Topliss-reactive ketones (excluding diaryl/α,β-unsaturated/α-hetero) is 1. The number of ketones is 1. The fourth-order valence-electron chi connectivity index (χ4n) is 6.50. The van der Waals surface area contributed by atoms with Crippen molar-refractivity contribution in [1.82, 2.24) is 10.2 Å². The lowest BCUT2D eigenvalue weighted by atomic mass is 9.72. The Morgan fingerprint density at radius 1 is 1.00 bits per heavy atom. The zero-order chi connectivity index (χ0) is 29.8. The Hall–Kier alpha value is -3.24. The van der Waals surface area contributed by atoms with Crippen LogP contribution in [0.4, 0.5) is 13.2 Å². The molecule has 8 nitrogen and oxygen atoms in total. The standard InChI is InChI=1S/C29H37F3N2O6/c1-15-9-8-10-18(16(15)2)34-19-13-27(3,4)14-20(35)23(19)28(26(34)37,29(30,31)32)33-25(36)17-11-21(38-5)24(40-7)22(12-17)39-6/h11-12,15-16,18H,8-10,13-14H2,1-7H3,(H,33,36)/t15-,16-,18-,28-/m1/s1. The van der Waals surface area contributed by atoms with Crippen LogP contribution in [0.1, 0.15) is 70.2 Å². The number of carbonyl (C=O) groups excluding carboxylic acids is 3. The summed E-state index contributed by atoms with van der Waals surface area (Å²) in [4.78, 5) is 42.5. The number of hydrogen-bond donors (Lipinski definition) is 1. The first-order valence-corrected chi connectivity index (χ1v) is 13.4. The van der Waals surface area contributed by atoms with E-state index in [0.29, 0.717) is 6.42 Å². The maximum absolute atomic E-state index is 15.3. The van der Waals surface area contributed by atoms with E-state index in [4.69, 9.17) is 14.2 Å². The molecule has 1 aromatic rings. The van der Waals surface area contributed by atoms with Crippen molar-refractivity contribution in [2.24, 2.45) is 17.3 Å². The number of methoxy groups -OCH3 is 3. The van der Waals surface area contributed by atoms with Crippen molar-refractivity contribution in [3.63, 3.8) is 0 Å². The Labute approximate surface area is 232 Å². The van der Waals surface area contributed by atoms with Crippen LogP contribution in [0.3, 0.4) is 0 Å². The molecule has 1 aromatic carbocycles. The van der Waals surface area contributed by atoms with Crippen LogP contribution in [0, 0.1) is 17.3 Å². The predicted octanol–water partition coefficient (Wildman–Crippen LogP) is 5.05. The SMILES string of the molecule is COc1cc(C(=O)N[C@@]2(C(F)(F)F)C(=O)N([C@@H]3CCC[C@@H](C)[C@H]3C)C3=C2C(=O)CC(C)(C)C3)cc(OC)c1OC. The van der Waals surface area contributed by atoms with E-state index in [2.05, 4.69) is 0 Å². The molecule has 0 radical (unpaired) electrons. The zero-order valence-electron chi connectivity index (χ0n) is 24.0. The summed E-state index contributed by atoms with van der Waals surface area (Å²) in [6.45, 7) is 7.55. The quantitative estimate of drug-likeness (QED) is 0.518. The maximum atomic E-state index is 15.3. The molecule has 4 rings (SSSR count). The highest BCUT2D eigenvalue weighted by Gasteiger charge is 2.72. The molecule has 0 bridgehead atoms. The van der Waals surface area contributed by atoms with E-state index in [-0.39, 0.29) is 53.2 Å². The number of hydrogen-bond acceptors (Lipinski definition) is 6. The van der Waals surface area contributed by atoms with Gasteiger partial charge in [0.1, 0.15) is 0 Å². The number of nitrogens with zero attached hydrogens (tertiary/aromatic N) is 1. The number of alkyl halides is 3. The van der Waals surface area contributed by atoms with Gasteiger partial charge in [0, 0.05) is 23.7 Å². The summed E-state index contributed by atoms with van der Waals surface area (Å²) in [5.41, 5.74) is -5.03. The number of allylic oxidation sites excluding steroid dienone is 1. The molecule has 1 saturated carbocycles. The van der Waals surface area contributed by atoms with Crippen LogP contribution in [0.25, 0.3) is 0 Å². The molecule has 3 aliphatic rings.